The van der Waals surface area contributed by atoms with Crippen LogP contribution in [0.3, 0.4) is 0 Å². The number of benzene rings is 1. The van der Waals surface area contributed by atoms with Gasteiger partial charge in [-0.2, -0.15) is 0 Å². The minimum Gasteiger partial charge on any atom is -0.211 e. The second-order valence-electron chi connectivity index (χ2n) is 4.99. The van der Waals surface area contributed by atoms with Crippen LogP contribution < -0.4 is 4.72 Å². The van der Waals surface area contributed by atoms with Gasteiger partial charge in [0.2, 0.25) is 10.0 Å². The molecule has 1 aliphatic rings. The molecular formula is C13H16ClF2NO2S. The van der Waals surface area contributed by atoms with Gasteiger partial charge in [0.25, 0.3) is 0 Å². The van der Waals surface area contributed by atoms with Crippen LogP contribution in [0.15, 0.2) is 23.1 Å². The van der Waals surface area contributed by atoms with Crippen molar-refractivity contribution in [1.29, 1.82) is 0 Å². The third-order valence-corrected chi connectivity index (χ3v) is 5.55. The zero-order chi connectivity index (χ0) is 14.8. The highest BCUT2D eigenvalue weighted by Crippen LogP contribution is 2.28. The molecule has 1 fully saturated rings. The number of hydrogen-bond acceptors (Lipinski definition) is 2. The van der Waals surface area contributed by atoms with E-state index in [1.807, 2.05) is 0 Å². The summed E-state index contributed by atoms with van der Waals surface area (Å²) in [6.45, 7) is 0.218. The van der Waals surface area contributed by atoms with Crippen molar-refractivity contribution in [2.45, 2.75) is 36.0 Å². The van der Waals surface area contributed by atoms with Gasteiger partial charge in [-0.1, -0.05) is 12.8 Å². The Labute approximate surface area is 122 Å². The summed E-state index contributed by atoms with van der Waals surface area (Å²) in [6.07, 6.45) is 3.83. The second kappa shape index (κ2) is 6.37. The maximum absolute atomic E-state index is 13.1. The maximum atomic E-state index is 13.1. The van der Waals surface area contributed by atoms with Crippen LogP contribution in [0.4, 0.5) is 8.78 Å². The Morgan fingerprint density at radius 2 is 1.90 bits per heavy atom. The van der Waals surface area contributed by atoms with Crippen LogP contribution in [0, 0.1) is 17.6 Å². The van der Waals surface area contributed by atoms with Crippen molar-refractivity contribution < 1.29 is 17.2 Å². The van der Waals surface area contributed by atoms with E-state index in [4.69, 9.17) is 11.6 Å². The Kier molecular flexibility index (Phi) is 4.99. The predicted molar refractivity (Wildman–Crippen MR) is 73.1 cm³/mol. The van der Waals surface area contributed by atoms with Gasteiger partial charge in [0.05, 0.1) is 4.90 Å². The molecule has 0 bridgehead atoms. The van der Waals surface area contributed by atoms with E-state index in [1.54, 1.807) is 0 Å². The quantitative estimate of drug-likeness (QED) is 0.866. The summed E-state index contributed by atoms with van der Waals surface area (Å²) in [6, 6.07) is 2.52. The molecule has 1 aromatic carbocycles. The van der Waals surface area contributed by atoms with Gasteiger partial charge in [0.15, 0.2) is 11.6 Å². The monoisotopic (exact) mass is 323 g/mol. The van der Waals surface area contributed by atoms with Crippen molar-refractivity contribution in [3.8, 4) is 0 Å². The van der Waals surface area contributed by atoms with Gasteiger partial charge in [-0.25, -0.2) is 21.9 Å². The van der Waals surface area contributed by atoms with Gasteiger partial charge in [0, 0.05) is 11.9 Å². The summed E-state index contributed by atoms with van der Waals surface area (Å²) in [5.41, 5.74) is 0. The van der Waals surface area contributed by atoms with Gasteiger partial charge >= 0.3 is 0 Å². The van der Waals surface area contributed by atoms with Crippen molar-refractivity contribution in [2.75, 3.05) is 6.54 Å². The number of rotatable bonds is 4. The summed E-state index contributed by atoms with van der Waals surface area (Å²) in [7, 11) is -3.84. The predicted octanol–water partition coefficient (Wildman–Crippen LogP) is 3.04. The van der Waals surface area contributed by atoms with Crippen LogP contribution in [0.5, 0.6) is 0 Å². The molecule has 0 amide bonds. The van der Waals surface area contributed by atoms with Crippen molar-refractivity contribution in [1.82, 2.24) is 4.72 Å². The number of sulfonamides is 1. The summed E-state index contributed by atoms with van der Waals surface area (Å²) in [4.78, 5) is -0.279. The van der Waals surface area contributed by atoms with Crippen LogP contribution in [-0.4, -0.2) is 20.3 Å². The van der Waals surface area contributed by atoms with Gasteiger partial charge in [-0.05, 0) is 37.0 Å². The van der Waals surface area contributed by atoms with E-state index in [1.165, 1.54) is 0 Å². The topological polar surface area (TPSA) is 46.2 Å². The van der Waals surface area contributed by atoms with Gasteiger partial charge in [0.1, 0.15) is 0 Å². The fourth-order valence-electron chi connectivity index (χ4n) is 2.34. The molecule has 0 aliphatic heterocycles. The highest BCUT2D eigenvalue weighted by atomic mass is 35.5. The third-order valence-electron chi connectivity index (χ3n) is 3.55. The van der Waals surface area contributed by atoms with E-state index >= 15 is 0 Å². The SMILES string of the molecule is O=S(=O)(NCC1CCCCC1Cl)c1ccc(F)c(F)c1. The first-order chi connectivity index (χ1) is 9.40. The number of hydrogen-bond donors (Lipinski definition) is 1. The van der Waals surface area contributed by atoms with E-state index < -0.39 is 21.7 Å². The lowest BCUT2D eigenvalue weighted by Gasteiger charge is -2.27. The van der Waals surface area contributed by atoms with E-state index in [9.17, 15) is 17.2 Å². The maximum Gasteiger partial charge on any atom is 0.240 e. The molecule has 2 unspecified atom stereocenters. The van der Waals surface area contributed by atoms with E-state index in [0.29, 0.717) is 6.07 Å². The molecule has 2 atom stereocenters. The van der Waals surface area contributed by atoms with Crippen molar-refractivity contribution in [3.05, 3.63) is 29.8 Å². The molecule has 112 valence electrons. The molecule has 1 aliphatic carbocycles. The van der Waals surface area contributed by atoms with Crippen molar-refractivity contribution in [2.24, 2.45) is 5.92 Å². The lowest BCUT2D eigenvalue weighted by Crippen LogP contribution is -2.34. The summed E-state index contributed by atoms with van der Waals surface area (Å²) in [5.74, 6) is -2.18. The third kappa shape index (κ3) is 3.68. The number of alkyl halides is 1. The molecule has 0 heterocycles. The van der Waals surface area contributed by atoms with Crippen molar-refractivity contribution >= 4 is 21.6 Å². The van der Waals surface area contributed by atoms with Gasteiger partial charge in [-0.15, -0.1) is 11.6 Å². The zero-order valence-corrected chi connectivity index (χ0v) is 12.4. The highest BCUT2D eigenvalue weighted by molar-refractivity contribution is 7.89. The molecule has 0 aromatic heterocycles. The first kappa shape index (κ1) is 15.7. The van der Waals surface area contributed by atoms with Crippen molar-refractivity contribution in [3.63, 3.8) is 0 Å². The Balaban J connectivity index is 2.05. The Hall–Kier alpha value is -0.720. The molecule has 0 spiro atoms. The molecule has 0 radical (unpaired) electrons. The fraction of sp³-hybridized carbons (Fsp3) is 0.538. The largest absolute Gasteiger partial charge is 0.240 e. The molecule has 1 saturated carbocycles. The summed E-state index contributed by atoms with van der Waals surface area (Å²) < 4.78 is 52.3. The van der Waals surface area contributed by atoms with E-state index in [2.05, 4.69) is 4.72 Å². The minimum absolute atomic E-state index is 0.0450. The Morgan fingerprint density at radius 1 is 1.20 bits per heavy atom. The molecular weight excluding hydrogens is 308 g/mol. The molecule has 7 heteroatoms. The van der Waals surface area contributed by atoms with E-state index in [-0.39, 0.29) is 22.7 Å². The smallest absolute Gasteiger partial charge is 0.211 e. The molecule has 0 saturated heterocycles. The standard InChI is InChI=1S/C13H16ClF2NO2S/c14-11-4-2-1-3-9(11)8-17-20(18,19)10-5-6-12(15)13(16)7-10/h5-7,9,11,17H,1-4,8H2. The average Bonchev–Trinajstić information content (AvgIpc) is 2.41. The van der Waals surface area contributed by atoms with Crippen LogP contribution in [0.25, 0.3) is 0 Å². The van der Waals surface area contributed by atoms with Gasteiger partial charge < -0.3 is 0 Å². The van der Waals surface area contributed by atoms with Gasteiger partial charge in [-0.3, -0.25) is 0 Å². The lowest BCUT2D eigenvalue weighted by molar-refractivity contribution is 0.364. The summed E-state index contributed by atoms with van der Waals surface area (Å²) >= 11 is 6.16. The fourth-order valence-corrected chi connectivity index (χ4v) is 3.81. The highest BCUT2D eigenvalue weighted by Gasteiger charge is 2.25. The van der Waals surface area contributed by atoms with Crippen LogP contribution in [-0.2, 0) is 10.0 Å². The molecule has 1 N–H and O–H groups in total. The average molecular weight is 324 g/mol. The second-order valence-corrected chi connectivity index (χ2v) is 7.32. The molecule has 2 rings (SSSR count). The first-order valence-electron chi connectivity index (χ1n) is 6.49. The minimum atomic E-state index is -3.84. The number of halogens is 3. The number of nitrogens with one attached hydrogen (secondary N) is 1. The molecule has 20 heavy (non-hydrogen) atoms. The first-order valence-corrected chi connectivity index (χ1v) is 8.41. The Morgan fingerprint density at radius 3 is 2.55 bits per heavy atom. The van der Waals surface area contributed by atoms with Crippen LogP contribution >= 0.6 is 11.6 Å². The van der Waals surface area contributed by atoms with E-state index in [0.717, 1.165) is 37.8 Å². The zero-order valence-electron chi connectivity index (χ0n) is 10.8. The molecule has 1 aromatic rings. The normalized spacial score (nSPS) is 23.8. The summed E-state index contributed by atoms with van der Waals surface area (Å²) in [5, 5.41) is -0.0450. The van der Waals surface area contributed by atoms with Crippen LogP contribution in [0.2, 0.25) is 0 Å². The Bertz CT molecular complexity index is 580. The molecule has 3 nitrogen and oxygen atoms in total. The lowest BCUT2D eigenvalue weighted by atomic mass is 9.89. The van der Waals surface area contributed by atoms with Crippen LogP contribution in [0.1, 0.15) is 25.7 Å².